The first-order valence-corrected chi connectivity index (χ1v) is 9.57. The van der Waals surface area contributed by atoms with Gasteiger partial charge in [0.1, 0.15) is 6.04 Å². The molecule has 146 valence electrons. The third kappa shape index (κ3) is 5.94. The summed E-state index contributed by atoms with van der Waals surface area (Å²) in [6, 6.07) is 10.5. The van der Waals surface area contributed by atoms with Crippen molar-refractivity contribution in [2.45, 2.75) is 53.1 Å². The van der Waals surface area contributed by atoms with Crippen molar-refractivity contribution >= 4 is 11.8 Å². The molecular weight excluding hydrogens is 340 g/mol. The fourth-order valence-electron chi connectivity index (χ4n) is 2.97. The summed E-state index contributed by atoms with van der Waals surface area (Å²) < 4.78 is 1.95. The van der Waals surface area contributed by atoms with Crippen LogP contribution in [0.2, 0.25) is 0 Å². The topological polar surface area (TPSA) is 76.0 Å². The molecule has 6 heteroatoms. The molecule has 1 aromatic carbocycles. The molecule has 0 fully saturated rings. The highest BCUT2D eigenvalue weighted by molar-refractivity contribution is 5.97. The number of rotatable bonds is 9. The molecule has 1 aromatic heterocycles. The normalized spacial score (nSPS) is 13.0. The average molecular weight is 370 g/mol. The van der Waals surface area contributed by atoms with E-state index in [2.05, 4.69) is 15.7 Å². The van der Waals surface area contributed by atoms with E-state index >= 15 is 0 Å². The van der Waals surface area contributed by atoms with Gasteiger partial charge in [-0.25, -0.2) is 0 Å². The van der Waals surface area contributed by atoms with Crippen molar-refractivity contribution < 1.29 is 9.59 Å². The van der Waals surface area contributed by atoms with Crippen LogP contribution in [0.3, 0.4) is 0 Å². The van der Waals surface area contributed by atoms with E-state index in [9.17, 15) is 9.59 Å². The van der Waals surface area contributed by atoms with Gasteiger partial charge < -0.3 is 10.6 Å². The average Bonchev–Trinajstić information content (AvgIpc) is 3.00. The second-order valence-corrected chi connectivity index (χ2v) is 7.00. The Balaban J connectivity index is 1.88. The summed E-state index contributed by atoms with van der Waals surface area (Å²) in [4.78, 5) is 25.1. The van der Waals surface area contributed by atoms with E-state index < -0.39 is 6.04 Å². The van der Waals surface area contributed by atoms with Crippen LogP contribution in [0.1, 0.15) is 48.4 Å². The number of nitrogens with one attached hydrogen (secondary N) is 2. The van der Waals surface area contributed by atoms with Crippen LogP contribution in [0.4, 0.5) is 0 Å². The number of benzene rings is 1. The summed E-state index contributed by atoms with van der Waals surface area (Å²) in [7, 11) is 0. The zero-order chi connectivity index (χ0) is 19.8. The monoisotopic (exact) mass is 370 g/mol. The first kappa shape index (κ1) is 20.7. The van der Waals surface area contributed by atoms with Gasteiger partial charge in [-0.05, 0) is 44.4 Å². The lowest BCUT2D eigenvalue weighted by molar-refractivity contribution is -0.124. The second-order valence-electron chi connectivity index (χ2n) is 7.00. The third-order valence-electron chi connectivity index (χ3n) is 4.77. The van der Waals surface area contributed by atoms with Crippen molar-refractivity contribution in [1.29, 1.82) is 0 Å². The number of hydrogen-bond donors (Lipinski definition) is 2. The molecule has 2 N–H and O–H groups in total. The van der Waals surface area contributed by atoms with Crippen LogP contribution in [0.25, 0.3) is 0 Å². The maximum absolute atomic E-state index is 12.6. The molecule has 0 spiro atoms. The third-order valence-corrected chi connectivity index (χ3v) is 4.77. The molecule has 0 radical (unpaired) electrons. The molecule has 2 rings (SSSR count). The Bertz CT molecular complexity index is 755. The van der Waals surface area contributed by atoms with Gasteiger partial charge in [-0.3, -0.25) is 14.3 Å². The molecule has 0 aliphatic heterocycles. The molecule has 6 nitrogen and oxygen atoms in total. The number of amides is 2. The summed E-state index contributed by atoms with van der Waals surface area (Å²) in [5.41, 5.74) is 2.67. The largest absolute Gasteiger partial charge is 0.354 e. The summed E-state index contributed by atoms with van der Waals surface area (Å²) in [6.07, 6.45) is 1.59. The van der Waals surface area contributed by atoms with E-state index in [0.29, 0.717) is 12.1 Å². The first-order chi connectivity index (χ1) is 12.9. The fraction of sp³-hybridized carbons (Fsp3) is 0.476. The molecule has 0 bridgehead atoms. The lowest BCUT2D eigenvalue weighted by Gasteiger charge is -2.23. The van der Waals surface area contributed by atoms with Crippen LogP contribution in [0.5, 0.6) is 0 Å². The van der Waals surface area contributed by atoms with Gasteiger partial charge in [-0.1, -0.05) is 38.5 Å². The highest BCUT2D eigenvalue weighted by Crippen LogP contribution is 2.10. The van der Waals surface area contributed by atoms with Gasteiger partial charge in [-0.15, -0.1) is 0 Å². The highest BCUT2D eigenvalue weighted by Gasteiger charge is 2.25. The lowest BCUT2D eigenvalue weighted by atomic mass is 9.98. The Kier molecular flexibility index (Phi) is 7.58. The number of aryl methyl sites for hydroxylation is 3. The number of hydrogen-bond acceptors (Lipinski definition) is 3. The number of carbonyl (C=O) groups excluding carboxylic acids is 2. The predicted octanol–water partition coefficient (Wildman–Crippen LogP) is 2.85. The van der Waals surface area contributed by atoms with E-state index in [-0.39, 0.29) is 17.7 Å². The van der Waals surface area contributed by atoms with Gasteiger partial charge >= 0.3 is 0 Å². The van der Waals surface area contributed by atoms with Crippen LogP contribution < -0.4 is 10.6 Å². The molecular formula is C21H30N4O2. The van der Waals surface area contributed by atoms with Crippen LogP contribution >= 0.6 is 0 Å². The van der Waals surface area contributed by atoms with E-state index in [4.69, 9.17) is 0 Å². The van der Waals surface area contributed by atoms with Gasteiger partial charge in [-0.2, -0.15) is 5.10 Å². The summed E-state index contributed by atoms with van der Waals surface area (Å²) in [5.74, 6) is -0.311. The van der Waals surface area contributed by atoms with E-state index in [1.54, 1.807) is 12.1 Å². The molecule has 1 heterocycles. The quantitative estimate of drug-likeness (QED) is 0.667. The Morgan fingerprint density at radius 1 is 1.19 bits per heavy atom. The van der Waals surface area contributed by atoms with Gasteiger partial charge in [0.2, 0.25) is 5.91 Å². The molecule has 0 unspecified atom stereocenters. The van der Waals surface area contributed by atoms with Crippen LogP contribution in [-0.2, 0) is 11.3 Å². The Morgan fingerprint density at radius 3 is 2.48 bits per heavy atom. The molecule has 27 heavy (non-hydrogen) atoms. The molecule has 0 aliphatic rings. The standard InChI is InChI=1S/C21H30N4O2/c1-5-15(2)19(23-20(26)18-10-7-6-8-11-18)21(27)22-12-9-13-25-17(4)14-16(3)24-25/h6-8,10-11,14-15,19H,5,9,12-13H2,1-4H3,(H,22,27)(H,23,26)/t15-,19-/m0/s1. The minimum atomic E-state index is -0.545. The maximum atomic E-state index is 12.6. The van der Waals surface area contributed by atoms with Crippen molar-refractivity contribution in [3.05, 3.63) is 53.3 Å². The zero-order valence-corrected chi connectivity index (χ0v) is 16.7. The molecule has 2 atom stereocenters. The van der Waals surface area contributed by atoms with Crippen molar-refractivity contribution in [3.8, 4) is 0 Å². The Hall–Kier alpha value is -2.63. The van der Waals surface area contributed by atoms with E-state index in [1.165, 1.54) is 0 Å². The Labute approximate surface area is 161 Å². The molecule has 0 saturated heterocycles. The minimum absolute atomic E-state index is 0.0497. The SMILES string of the molecule is CC[C@H](C)[C@H](NC(=O)c1ccccc1)C(=O)NCCCn1nc(C)cc1C. The smallest absolute Gasteiger partial charge is 0.251 e. The first-order valence-electron chi connectivity index (χ1n) is 9.57. The van der Waals surface area contributed by atoms with Crippen LogP contribution in [-0.4, -0.2) is 34.2 Å². The summed E-state index contributed by atoms with van der Waals surface area (Å²) in [6.45, 7) is 9.29. The summed E-state index contributed by atoms with van der Waals surface area (Å²) >= 11 is 0. The molecule has 0 saturated carbocycles. The highest BCUT2D eigenvalue weighted by atomic mass is 16.2. The Morgan fingerprint density at radius 2 is 1.89 bits per heavy atom. The number of nitrogens with zero attached hydrogens (tertiary/aromatic N) is 2. The van der Waals surface area contributed by atoms with Crippen molar-refractivity contribution in [2.75, 3.05) is 6.54 Å². The fourth-order valence-corrected chi connectivity index (χ4v) is 2.97. The van der Waals surface area contributed by atoms with Crippen LogP contribution in [0, 0.1) is 19.8 Å². The molecule has 2 aromatic rings. The lowest BCUT2D eigenvalue weighted by Crippen LogP contribution is -2.50. The minimum Gasteiger partial charge on any atom is -0.354 e. The number of aromatic nitrogens is 2. The van der Waals surface area contributed by atoms with Gasteiger partial charge in [0, 0.05) is 24.3 Å². The van der Waals surface area contributed by atoms with Crippen LogP contribution in [0.15, 0.2) is 36.4 Å². The van der Waals surface area contributed by atoms with Gasteiger partial charge in [0.25, 0.3) is 5.91 Å². The maximum Gasteiger partial charge on any atom is 0.251 e. The van der Waals surface area contributed by atoms with Gasteiger partial charge in [0.15, 0.2) is 0 Å². The second kappa shape index (κ2) is 9.90. The van der Waals surface area contributed by atoms with Crippen molar-refractivity contribution in [1.82, 2.24) is 20.4 Å². The molecule has 0 aliphatic carbocycles. The van der Waals surface area contributed by atoms with Crippen molar-refractivity contribution in [2.24, 2.45) is 5.92 Å². The molecule has 2 amide bonds. The van der Waals surface area contributed by atoms with E-state index in [0.717, 1.165) is 30.8 Å². The predicted molar refractivity (Wildman–Crippen MR) is 106 cm³/mol. The van der Waals surface area contributed by atoms with Crippen molar-refractivity contribution in [3.63, 3.8) is 0 Å². The zero-order valence-electron chi connectivity index (χ0n) is 16.7. The summed E-state index contributed by atoms with van der Waals surface area (Å²) in [5, 5.41) is 10.3. The number of carbonyl (C=O) groups is 2. The van der Waals surface area contributed by atoms with E-state index in [1.807, 2.05) is 56.6 Å². The van der Waals surface area contributed by atoms with Gasteiger partial charge in [0.05, 0.1) is 5.69 Å².